The van der Waals surface area contributed by atoms with Gasteiger partial charge in [0.1, 0.15) is 5.82 Å². The molecule has 6 heteroatoms. The van der Waals surface area contributed by atoms with E-state index in [1.54, 1.807) is 6.07 Å². The number of halogens is 1. The first-order valence-electron chi connectivity index (χ1n) is 7.39. The molecule has 118 valence electrons. The molecule has 0 radical (unpaired) electrons. The molecule has 1 aliphatic heterocycles. The Balaban J connectivity index is 1.81. The predicted octanol–water partition coefficient (Wildman–Crippen LogP) is 1.60. The highest BCUT2D eigenvalue weighted by atomic mass is 32.2. The lowest BCUT2D eigenvalue weighted by atomic mass is 10.0. The van der Waals surface area contributed by atoms with E-state index in [4.69, 9.17) is 0 Å². The maximum atomic E-state index is 13.0. The van der Waals surface area contributed by atoms with Gasteiger partial charge in [0.2, 0.25) is 10.0 Å². The molecule has 0 atom stereocenters. The van der Waals surface area contributed by atoms with E-state index in [-0.39, 0.29) is 17.5 Å². The summed E-state index contributed by atoms with van der Waals surface area (Å²) in [7, 11) is -3.22. The third-order valence-electron chi connectivity index (χ3n) is 3.93. The number of hydrogen-bond donors (Lipinski definition) is 2. The summed E-state index contributed by atoms with van der Waals surface area (Å²) in [5, 5.41) is 3.23. The van der Waals surface area contributed by atoms with E-state index < -0.39 is 10.0 Å². The van der Waals surface area contributed by atoms with Gasteiger partial charge in [0.05, 0.1) is 5.75 Å². The fourth-order valence-corrected chi connectivity index (χ4v) is 4.18. The maximum Gasteiger partial charge on any atom is 0.211 e. The van der Waals surface area contributed by atoms with Crippen LogP contribution in [0.15, 0.2) is 18.2 Å². The van der Waals surface area contributed by atoms with E-state index in [0.29, 0.717) is 13.0 Å². The molecule has 1 aromatic rings. The zero-order valence-corrected chi connectivity index (χ0v) is 13.2. The summed E-state index contributed by atoms with van der Waals surface area (Å²) in [6.45, 7) is 3.99. The number of aryl methyl sites for hydroxylation is 1. The van der Waals surface area contributed by atoms with Crippen LogP contribution in [0, 0.1) is 18.7 Å². The fourth-order valence-electron chi connectivity index (χ4n) is 2.70. The summed E-state index contributed by atoms with van der Waals surface area (Å²) in [4.78, 5) is 0. The van der Waals surface area contributed by atoms with Crippen molar-refractivity contribution in [3.8, 4) is 0 Å². The molecule has 21 heavy (non-hydrogen) atoms. The van der Waals surface area contributed by atoms with Crippen molar-refractivity contribution in [2.75, 3.05) is 25.4 Å². The lowest BCUT2D eigenvalue weighted by Crippen LogP contribution is -2.36. The number of piperidine rings is 1. The lowest BCUT2D eigenvalue weighted by molar-refractivity contribution is 0.400. The number of benzene rings is 1. The minimum absolute atomic E-state index is 0.205. The van der Waals surface area contributed by atoms with E-state index >= 15 is 0 Å². The number of nitrogens with one attached hydrogen (secondary N) is 2. The molecule has 1 aromatic carbocycles. The van der Waals surface area contributed by atoms with Crippen LogP contribution in [0.5, 0.6) is 0 Å². The number of sulfonamides is 1. The molecule has 0 bridgehead atoms. The minimum atomic E-state index is -3.22. The second-order valence-electron chi connectivity index (χ2n) is 5.69. The van der Waals surface area contributed by atoms with E-state index in [1.165, 1.54) is 12.1 Å². The van der Waals surface area contributed by atoms with Crippen molar-refractivity contribution in [1.29, 1.82) is 0 Å². The first-order valence-corrected chi connectivity index (χ1v) is 9.04. The van der Waals surface area contributed by atoms with E-state index in [1.807, 2.05) is 6.92 Å². The van der Waals surface area contributed by atoms with Crippen molar-refractivity contribution >= 4 is 10.0 Å². The Bertz CT molecular complexity index is 569. The smallest absolute Gasteiger partial charge is 0.211 e. The molecule has 0 amide bonds. The van der Waals surface area contributed by atoms with Gasteiger partial charge in [-0.3, -0.25) is 0 Å². The third kappa shape index (κ3) is 5.37. The molecule has 1 saturated heterocycles. The topological polar surface area (TPSA) is 58.2 Å². The van der Waals surface area contributed by atoms with Gasteiger partial charge >= 0.3 is 0 Å². The summed E-state index contributed by atoms with van der Waals surface area (Å²) in [6.07, 6.45) is 2.41. The van der Waals surface area contributed by atoms with Gasteiger partial charge in [0.25, 0.3) is 0 Å². The lowest BCUT2D eigenvalue weighted by Gasteiger charge is -2.22. The normalized spacial score (nSPS) is 17.0. The molecule has 0 unspecified atom stereocenters. The molecule has 1 heterocycles. The molecule has 2 N–H and O–H groups in total. The summed E-state index contributed by atoms with van der Waals surface area (Å²) >= 11 is 0. The van der Waals surface area contributed by atoms with Crippen molar-refractivity contribution in [1.82, 2.24) is 10.0 Å². The summed E-state index contributed by atoms with van der Waals surface area (Å²) in [5.74, 6) is 0.191. The molecule has 2 rings (SSSR count). The second kappa shape index (κ2) is 7.33. The average molecular weight is 314 g/mol. The number of rotatable bonds is 6. The first-order chi connectivity index (χ1) is 9.96. The average Bonchev–Trinajstić information content (AvgIpc) is 2.42. The zero-order chi connectivity index (χ0) is 15.3. The van der Waals surface area contributed by atoms with E-state index in [9.17, 15) is 12.8 Å². The predicted molar refractivity (Wildman–Crippen MR) is 82.2 cm³/mol. The van der Waals surface area contributed by atoms with Crippen LogP contribution in [0.1, 0.15) is 24.0 Å². The van der Waals surface area contributed by atoms with Crippen molar-refractivity contribution < 1.29 is 12.8 Å². The van der Waals surface area contributed by atoms with Crippen LogP contribution in [0.3, 0.4) is 0 Å². The van der Waals surface area contributed by atoms with Gasteiger partial charge in [-0.1, -0.05) is 6.07 Å². The fraction of sp³-hybridized carbons (Fsp3) is 0.600. The summed E-state index contributed by atoms with van der Waals surface area (Å²) < 4.78 is 39.7. The molecule has 0 aromatic heterocycles. The van der Waals surface area contributed by atoms with Crippen molar-refractivity contribution in [2.24, 2.45) is 5.92 Å². The molecule has 0 saturated carbocycles. The van der Waals surface area contributed by atoms with Gasteiger partial charge in [-0.2, -0.15) is 0 Å². The monoisotopic (exact) mass is 314 g/mol. The molecule has 0 aliphatic carbocycles. The quantitative estimate of drug-likeness (QED) is 0.838. The molecule has 1 aliphatic rings. The first kappa shape index (κ1) is 16.4. The van der Waals surface area contributed by atoms with Crippen molar-refractivity contribution in [3.63, 3.8) is 0 Å². The SMILES string of the molecule is Cc1cc(F)ccc1CCNS(=O)(=O)CC1CCNCC1. The Hall–Kier alpha value is -0.980. The summed E-state index contributed by atoms with van der Waals surface area (Å²) in [6, 6.07) is 4.59. The van der Waals surface area contributed by atoms with Crippen LogP contribution in [0.2, 0.25) is 0 Å². The highest BCUT2D eigenvalue weighted by molar-refractivity contribution is 7.89. The van der Waals surface area contributed by atoms with Gasteiger partial charge in [-0.25, -0.2) is 17.5 Å². The van der Waals surface area contributed by atoms with Gasteiger partial charge in [-0.05, 0) is 68.5 Å². The Morgan fingerprint density at radius 3 is 2.71 bits per heavy atom. The Morgan fingerprint density at radius 1 is 1.33 bits per heavy atom. The van der Waals surface area contributed by atoms with Crippen LogP contribution in [0.25, 0.3) is 0 Å². The molecule has 1 fully saturated rings. The van der Waals surface area contributed by atoms with Gasteiger partial charge in [0.15, 0.2) is 0 Å². The highest BCUT2D eigenvalue weighted by Gasteiger charge is 2.20. The van der Waals surface area contributed by atoms with Gasteiger partial charge in [0, 0.05) is 6.54 Å². The zero-order valence-electron chi connectivity index (χ0n) is 12.4. The molecular weight excluding hydrogens is 291 g/mol. The highest BCUT2D eigenvalue weighted by Crippen LogP contribution is 2.14. The Labute approximate surface area is 126 Å². The van der Waals surface area contributed by atoms with Crippen LogP contribution in [-0.2, 0) is 16.4 Å². The standard InChI is InChI=1S/C15H23FN2O2S/c1-12-10-15(16)3-2-14(12)6-9-18-21(19,20)11-13-4-7-17-8-5-13/h2-3,10,13,17-18H,4-9,11H2,1H3. The maximum absolute atomic E-state index is 13.0. The van der Waals surface area contributed by atoms with E-state index in [0.717, 1.165) is 37.1 Å². The second-order valence-corrected chi connectivity index (χ2v) is 7.54. The van der Waals surface area contributed by atoms with Crippen molar-refractivity contribution in [3.05, 3.63) is 35.1 Å². The molecule has 4 nitrogen and oxygen atoms in total. The molecule has 0 spiro atoms. The minimum Gasteiger partial charge on any atom is -0.317 e. The Kier molecular flexibility index (Phi) is 5.72. The van der Waals surface area contributed by atoms with Crippen molar-refractivity contribution in [2.45, 2.75) is 26.2 Å². The van der Waals surface area contributed by atoms with Crippen LogP contribution >= 0.6 is 0 Å². The van der Waals surface area contributed by atoms with Crippen LogP contribution in [-0.4, -0.2) is 33.8 Å². The Morgan fingerprint density at radius 2 is 2.05 bits per heavy atom. The third-order valence-corrected chi connectivity index (χ3v) is 5.49. The summed E-state index contributed by atoms with van der Waals surface area (Å²) in [5.41, 5.74) is 1.83. The van der Waals surface area contributed by atoms with E-state index in [2.05, 4.69) is 10.0 Å². The van der Waals surface area contributed by atoms with Crippen LogP contribution < -0.4 is 10.0 Å². The largest absolute Gasteiger partial charge is 0.317 e. The molecular formula is C15H23FN2O2S. The number of hydrogen-bond acceptors (Lipinski definition) is 3. The van der Waals surface area contributed by atoms with Gasteiger partial charge in [-0.15, -0.1) is 0 Å². The van der Waals surface area contributed by atoms with Crippen LogP contribution in [0.4, 0.5) is 4.39 Å². The van der Waals surface area contributed by atoms with Gasteiger partial charge < -0.3 is 5.32 Å².